The van der Waals surface area contributed by atoms with Gasteiger partial charge in [0, 0.05) is 18.1 Å². The molecule has 6 heteroatoms. The predicted octanol–water partition coefficient (Wildman–Crippen LogP) is 4.88. The molecule has 1 aliphatic heterocycles. The molecule has 25 heavy (non-hydrogen) atoms. The minimum Gasteiger partial charge on any atom is -0.337 e. The Bertz CT molecular complexity index is 865. The Hall–Kier alpha value is -2.11. The summed E-state index contributed by atoms with van der Waals surface area (Å²) in [5.74, 6) is 0.0463. The first-order valence-electron chi connectivity index (χ1n) is 8.41. The summed E-state index contributed by atoms with van der Waals surface area (Å²) in [5, 5.41) is 7.39. The molecule has 3 aromatic rings. The number of carbonyl (C=O) groups is 1. The van der Waals surface area contributed by atoms with Gasteiger partial charge < -0.3 is 4.90 Å². The van der Waals surface area contributed by atoms with Crippen molar-refractivity contribution in [2.24, 2.45) is 0 Å². The third-order valence-corrected chi connectivity index (χ3v) is 5.56. The first kappa shape index (κ1) is 16.4. The molecule has 0 N–H and O–H groups in total. The number of benzene rings is 1. The monoisotopic (exact) mass is 371 g/mol. The highest BCUT2D eigenvalue weighted by atomic mass is 35.5. The highest BCUT2D eigenvalue weighted by Crippen LogP contribution is 2.27. The van der Waals surface area contributed by atoms with Crippen LogP contribution in [0.3, 0.4) is 0 Å². The number of hydrogen-bond donors (Lipinski definition) is 0. The van der Waals surface area contributed by atoms with Crippen molar-refractivity contribution in [1.82, 2.24) is 14.7 Å². The molecule has 4 nitrogen and oxygen atoms in total. The normalized spacial score (nSPS) is 14.7. The molecule has 1 aliphatic rings. The van der Waals surface area contributed by atoms with Crippen molar-refractivity contribution in [3.05, 3.63) is 58.6 Å². The molecule has 0 bridgehead atoms. The van der Waals surface area contributed by atoms with Crippen LogP contribution in [0.2, 0.25) is 5.02 Å². The molecular formula is C19H18ClN3OS. The molecule has 2 aromatic heterocycles. The molecule has 1 aromatic carbocycles. The van der Waals surface area contributed by atoms with Crippen molar-refractivity contribution in [2.75, 3.05) is 13.1 Å². The van der Waals surface area contributed by atoms with Gasteiger partial charge in [-0.05, 0) is 61.0 Å². The van der Waals surface area contributed by atoms with Gasteiger partial charge in [0.2, 0.25) is 0 Å². The molecule has 3 heterocycles. The second-order valence-electron chi connectivity index (χ2n) is 6.13. The molecule has 0 atom stereocenters. The maximum Gasteiger partial charge on any atom is 0.272 e. The number of hydrogen-bond acceptors (Lipinski definition) is 3. The number of aromatic nitrogens is 2. The number of amides is 1. The van der Waals surface area contributed by atoms with Crippen LogP contribution in [-0.4, -0.2) is 33.7 Å². The van der Waals surface area contributed by atoms with E-state index in [9.17, 15) is 4.79 Å². The van der Waals surface area contributed by atoms with Crippen LogP contribution in [-0.2, 0) is 0 Å². The number of piperidine rings is 1. The molecular weight excluding hydrogens is 354 g/mol. The third-order valence-electron chi connectivity index (χ3n) is 4.42. The molecule has 128 valence electrons. The Morgan fingerprint density at radius 1 is 1.08 bits per heavy atom. The van der Waals surface area contributed by atoms with Gasteiger partial charge >= 0.3 is 0 Å². The first-order chi connectivity index (χ1) is 12.2. The largest absolute Gasteiger partial charge is 0.337 e. The number of rotatable bonds is 3. The molecule has 0 spiro atoms. The fraction of sp³-hybridized carbons (Fsp3) is 0.263. The Kier molecular flexibility index (Phi) is 4.59. The van der Waals surface area contributed by atoms with E-state index >= 15 is 0 Å². The van der Waals surface area contributed by atoms with Gasteiger partial charge in [0.05, 0.1) is 10.6 Å². The van der Waals surface area contributed by atoms with Crippen molar-refractivity contribution >= 4 is 28.8 Å². The highest BCUT2D eigenvalue weighted by molar-refractivity contribution is 7.13. The lowest BCUT2D eigenvalue weighted by Crippen LogP contribution is -2.36. The predicted molar refractivity (Wildman–Crippen MR) is 102 cm³/mol. The van der Waals surface area contributed by atoms with Gasteiger partial charge in [0.25, 0.3) is 5.91 Å². The summed E-state index contributed by atoms with van der Waals surface area (Å²) in [6, 6.07) is 13.3. The van der Waals surface area contributed by atoms with Crippen LogP contribution in [0.15, 0.2) is 47.8 Å². The van der Waals surface area contributed by atoms with E-state index in [2.05, 4.69) is 0 Å². The lowest BCUT2D eigenvalue weighted by Gasteiger charge is -2.26. The third kappa shape index (κ3) is 3.34. The van der Waals surface area contributed by atoms with E-state index in [0.29, 0.717) is 10.7 Å². The summed E-state index contributed by atoms with van der Waals surface area (Å²) in [5.41, 5.74) is 2.27. The van der Waals surface area contributed by atoms with Crippen molar-refractivity contribution < 1.29 is 4.79 Å². The standard InChI is InChI=1S/C19H18ClN3OS/c20-14-6-8-15(9-7-14)23-17(19(24)22-10-2-1-3-11-22)13-16(21-23)18-5-4-12-25-18/h4-9,12-13H,1-3,10-11H2. The van der Waals surface area contributed by atoms with Crippen molar-refractivity contribution in [3.8, 4) is 16.3 Å². The van der Waals surface area contributed by atoms with Crippen LogP contribution in [0.25, 0.3) is 16.3 Å². The number of thiophene rings is 1. The van der Waals surface area contributed by atoms with Crippen LogP contribution in [0.4, 0.5) is 0 Å². The zero-order valence-electron chi connectivity index (χ0n) is 13.7. The maximum atomic E-state index is 13.1. The second-order valence-corrected chi connectivity index (χ2v) is 7.52. The highest BCUT2D eigenvalue weighted by Gasteiger charge is 2.24. The van der Waals surface area contributed by atoms with Crippen LogP contribution < -0.4 is 0 Å². The minimum absolute atomic E-state index is 0.0463. The number of likely N-dealkylation sites (tertiary alicyclic amines) is 1. The van der Waals surface area contributed by atoms with E-state index in [-0.39, 0.29) is 5.91 Å². The van der Waals surface area contributed by atoms with Gasteiger partial charge in [-0.25, -0.2) is 4.68 Å². The van der Waals surface area contributed by atoms with Crippen LogP contribution in [0.1, 0.15) is 29.8 Å². The van der Waals surface area contributed by atoms with E-state index in [1.807, 2.05) is 52.7 Å². The van der Waals surface area contributed by atoms with Gasteiger partial charge in [0.15, 0.2) is 0 Å². The molecule has 1 saturated heterocycles. The molecule has 0 aliphatic carbocycles. The Morgan fingerprint density at radius 2 is 1.84 bits per heavy atom. The molecule has 4 rings (SSSR count). The zero-order chi connectivity index (χ0) is 17.2. The van der Waals surface area contributed by atoms with E-state index in [0.717, 1.165) is 42.2 Å². The average molecular weight is 372 g/mol. The minimum atomic E-state index is 0.0463. The van der Waals surface area contributed by atoms with Crippen LogP contribution in [0, 0.1) is 0 Å². The van der Waals surface area contributed by atoms with Crippen molar-refractivity contribution in [1.29, 1.82) is 0 Å². The van der Waals surface area contributed by atoms with Gasteiger partial charge in [0.1, 0.15) is 11.4 Å². The summed E-state index contributed by atoms with van der Waals surface area (Å²) in [6.45, 7) is 1.64. The Labute approximate surface area is 155 Å². The molecule has 0 saturated carbocycles. The second kappa shape index (κ2) is 7.02. The Balaban J connectivity index is 1.77. The van der Waals surface area contributed by atoms with Gasteiger partial charge in [-0.3, -0.25) is 4.79 Å². The smallest absolute Gasteiger partial charge is 0.272 e. The fourth-order valence-electron chi connectivity index (χ4n) is 3.12. The molecule has 1 fully saturated rings. The van der Waals surface area contributed by atoms with E-state index < -0.39 is 0 Å². The van der Waals surface area contributed by atoms with Gasteiger partial charge in [-0.15, -0.1) is 11.3 Å². The van der Waals surface area contributed by atoms with E-state index in [1.54, 1.807) is 16.0 Å². The maximum absolute atomic E-state index is 13.1. The first-order valence-corrected chi connectivity index (χ1v) is 9.67. The Morgan fingerprint density at radius 3 is 2.52 bits per heavy atom. The quantitative estimate of drug-likeness (QED) is 0.658. The van der Waals surface area contributed by atoms with E-state index in [1.165, 1.54) is 6.42 Å². The van der Waals surface area contributed by atoms with Gasteiger partial charge in [-0.2, -0.15) is 5.10 Å². The lowest BCUT2D eigenvalue weighted by molar-refractivity contribution is 0.0715. The molecule has 0 unspecified atom stereocenters. The molecule has 1 amide bonds. The van der Waals surface area contributed by atoms with Crippen LogP contribution >= 0.6 is 22.9 Å². The summed E-state index contributed by atoms with van der Waals surface area (Å²) < 4.78 is 1.74. The van der Waals surface area contributed by atoms with E-state index in [4.69, 9.17) is 16.7 Å². The topological polar surface area (TPSA) is 38.1 Å². The van der Waals surface area contributed by atoms with Crippen LogP contribution in [0.5, 0.6) is 0 Å². The number of nitrogens with zero attached hydrogens (tertiary/aromatic N) is 3. The average Bonchev–Trinajstić information content (AvgIpc) is 3.32. The fourth-order valence-corrected chi connectivity index (χ4v) is 3.92. The number of carbonyl (C=O) groups excluding carboxylic acids is 1. The zero-order valence-corrected chi connectivity index (χ0v) is 15.3. The summed E-state index contributed by atoms with van der Waals surface area (Å²) in [6.07, 6.45) is 3.33. The SMILES string of the molecule is O=C(c1cc(-c2cccs2)nn1-c1ccc(Cl)cc1)N1CCCCC1. The summed E-state index contributed by atoms with van der Waals surface area (Å²) >= 11 is 7.63. The summed E-state index contributed by atoms with van der Waals surface area (Å²) in [4.78, 5) is 16.1. The summed E-state index contributed by atoms with van der Waals surface area (Å²) in [7, 11) is 0. The lowest BCUT2D eigenvalue weighted by atomic mass is 10.1. The number of halogens is 1. The van der Waals surface area contributed by atoms with Crippen molar-refractivity contribution in [3.63, 3.8) is 0 Å². The van der Waals surface area contributed by atoms with Crippen molar-refractivity contribution in [2.45, 2.75) is 19.3 Å². The van der Waals surface area contributed by atoms with Gasteiger partial charge in [-0.1, -0.05) is 17.7 Å². The molecule has 0 radical (unpaired) electrons.